The third-order valence-electron chi connectivity index (χ3n) is 7.84. The van der Waals surface area contributed by atoms with Crippen LogP contribution in [0.1, 0.15) is 50.3 Å². The van der Waals surface area contributed by atoms with E-state index in [1.807, 2.05) is 79.7 Å². The van der Waals surface area contributed by atoms with E-state index >= 15 is 0 Å². The molecule has 0 saturated carbocycles. The Morgan fingerprint density at radius 1 is 0.633 bits per heavy atom. The highest BCUT2D eigenvalue weighted by Crippen LogP contribution is 2.36. The molecular formula is C37H42N6O6. The molecule has 1 aliphatic rings. The number of hydrogen-bond acceptors (Lipinski definition) is 6. The molecule has 0 spiro atoms. The molecular weight excluding hydrogens is 624 g/mol. The van der Waals surface area contributed by atoms with E-state index in [0.717, 1.165) is 16.7 Å². The quantitative estimate of drug-likeness (QED) is 0.188. The number of benzene rings is 3. The first kappa shape index (κ1) is 36.1. The topological polar surface area (TPSA) is 166 Å². The molecule has 0 aliphatic carbocycles. The molecule has 3 aromatic carbocycles. The molecule has 1 aliphatic heterocycles. The zero-order valence-corrected chi connectivity index (χ0v) is 28.0. The van der Waals surface area contributed by atoms with Gasteiger partial charge in [0.2, 0.25) is 35.4 Å². The molecule has 49 heavy (non-hydrogen) atoms. The standard InChI is InChI=1S/C37H42N6O6/c1-23(2)35(37(49)40-25(4)36(48)41-28-17-13-24(3)14-18-28)42-33(46)22-39-32(45)21-38-31(44)19-20-34(47)43-29-11-7-5-9-26(29)15-16-27-10-6-8-12-30(27)43/h5-18,23,25,35H,19-22H2,1-4H3,(H,38,44)(H,39,45)(H,40,49)(H,41,48)(H,42,46)/t25-,35-/m0/s1. The maximum absolute atomic E-state index is 13.4. The van der Waals surface area contributed by atoms with Gasteiger partial charge in [-0.25, -0.2) is 0 Å². The molecule has 2 atom stereocenters. The van der Waals surface area contributed by atoms with E-state index in [1.54, 1.807) is 30.9 Å². The van der Waals surface area contributed by atoms with Crippen LogP contribution in [-0.4, -0.2) is 60.6 Å². The van der Waals surface area contributed by atoms with Crippen molar-refractivity contribution in [3.8, 4) is 0 Å². The molecule has 3 aromatic rings. The van der Waals surface area contributed by atoms with Gasteiger partial charge in [0.05, 0.1) is 24.5 Å². The van der Waals surface area contributed by atoms with Gasteiger partial charge in [-0.05, 0) is 55.2 Å². The number of rotatable bonds is 13. The second-order valence-corrected chi connectivity index (χ2v) is 12.1. The second-order valence-electron chi connectivity index (χ2n) is 12.1. The van der Waals surface area contributed by atoms with Gasteiger partial charge < -0.3 is 26.6 Å². The minimum Gasteiger partial charge on any atom is -0.347 e. The van der Waals surface area contributed by atoms with E-state index in [9.17, 15) is 28.8 Å². The van der Waals surface area contributed by atoms with Gasteiger partial charge in [0.15, 0.2) is 0 Å². The van der Waals surface area contributed by atoms with Crippen molar-refractivity contribution in [2.45, 2.75) is 52.6 Å². The molecule has 0 radical (unpaired) electrons. The van der Waals surface area contributed by atoms with E-state index in [2.05, 4.69) is 26.6 Å². The van der Waals surface area contributed by atoms with Crippen LogP contribution in [0.25, 0.3) is 12.2 Å². The van der Waals surface area contributed by atoms with Crippen LogP contribution < -0.4 is 31.5 Å². The third kappa shape index (κ3) is 10.1. The van der Waals surface area contributed by atoms with E-state index in [1.165, 1.54) is 6.92 Å². The molecule has 12 heteroatoms. The zero-order chi connectivity index (χ0) is 35.5. The van der Waals surface area contributed by atoms with Crippen LogP contribution in [0.5, 0.6) is 0 Å². The summed E-state index contributed by atoms with van der Waals surface area (Å²) in [7, 11) is 0. The Kier molecular flexibility index (Phi) is 12.4. The Labute approximate surface area is 285 Å². The maximum atomic E-state index is 13.4. The number of carbonyl (C=O) groups is 6. The maximum Gasteiger partial charge on any atom is 0.246 e. The number of anilines is 3. The Bertz CT molecular complexity index is 1690. The number of amides is 6. The number of fused-ring (bicyclic) bond motifs is 2. The third-order valence-corrected chi connectivity index (χ3v) is 7.84. The van der Waals surface area contributed by atoms with Crippen LogP contribution in [0.3, 0.4) is 0 Å². The van der Waals surface area contributed by atoms with Gasteiger partial charge in [0, 0.05) is 18.5 Å². The first-order valence-corrected chi connectivity index (χ1v) is 16.1. The minimum absolute atomic E-state index is 0.0938. The van der Waals surface area contributed by atoms with E-state index in [4.69, 9.17) is 0 Å². The SMILES string of the molecule is Cc1ccc(NC(=O)[C@H](C)NC(=O)[C@@H](NC(=O)CNC(=O)CNC(=O)CCC(=O)N2c3ccccc3C=Cc3ccccc32)C(C)C)cc1. The fourth-order valence-corrected chi connectivity index (χ4v) is 5.10. The monoisotopic (exact) mass is 666 g/mol. The van der Waals surface area contributed by atoms with Crippen LogP contribution in [0.15, 0.2) is 72.8 Å². The summed E-state index contributed by atoms with van der Waals surface area (Å²) in [5.41, 5.74) is 4.79. The molecule has 256 valence electrons. The minimum atomic E-state index is -0.963. The van der Waals surface area contributed by atoms with Crippen LogP contribution in [0.2, 0.25) is 0 Å². The molecule has 0 fully saturated rings. The van der Waals surface area contributed by atoms with Crippen molar-refractivity contribution in [1.82, 2.24) is 21.3 Å². The van der Waals surface area contributed by atoms with Crippen LogP contribution in [0, 0.1) is 12.8 Å². The normalized spacial score (nSPS) is 12.8. The molecule has 4 rings (SSSR count). The van der Waals surface area contributed by atoms with Crippen LogP contribution in [-0.2, 0) is 28.8 Å². The van der Waals surface area contributed by atoms with Crippen molar-refractivity contribution < 1.29 is 28.8 Å². The van der Waals surface area contributed by atoms with Crippen molar-refractivity contribution in [1.29, 1.82) is 0 Å². The second kappa shape index (κ2) is 16.9. The molecule has 12 nitrogen and oxygen atoms in total. The van der Waals surface area contributed by atoms with E-state index in [0.29, 0.717) is 17.1 Å². The average Bonchev–Trinajstić information content (AvgIpc) is 3.25. The summed E-state index contributed by atoms with van der Waals surface area (Å²) in [5, 5.41) is 12.8. The molecule has 6 amide bonds. The Hall–Kier alpha value is -5.78. The summed E-state index contributed by atoms with van der Waals surface area (Å²) < 4.78 is 0. The van der Waals surface area contributed by atoms with Crippen LogP contribution in [0.4, 0.5) is 17.1 Å². The number of nitrogens with one attached hydrogen (secondary N) is 5. The van der Waals surface area contributed by atoms with Gasteiger partial charge in [0.25, 0.3) is 0 Å². The molecule has 0 bridgehead atoms. The lowest BCUT2D eigenvalue weighted by atomic mass is 10.0. The Balaban J connectivity index is 1.20. The summed E-state index contributed by atoms with van der Waals surface area (Å²) in [5.74, 6) is -3.30. The fraction of sp³-hybridized carbons (Fsp3) is 0.297. The fourth-order valence-electron chi connectivity index (χ4n) is 5.10. The molecule has 5 N–H and O–H groups in total. The Morgan fingerprint density at radius 2 is 1.18 bits per heavy atom. The van der Waals surface area contributed by atoms with Gasteiger partial charge in [-0.1, -0.05) is 80.1 Å². The number of hydrogen-bond donors (Lipinski definition) is 5. The summed E-state index contributed by atoms with van der Waals surface area (Å²) in [6, 6.07) is 20.4. The summed E-state index contributed by atoms with van der Waals surface area (Å²) in [6.45, 7) is 6.11. The number of carbonyl (C=O) groups excluding carboxylic acids is 6. The van der Waals surface area contributed by atoms with Gasteiger partial charge in [-0.3, -0.25) is 33.7 Å². The predicted octanol–water partition coefficient (Wildman–Crippen LogP) is 3.44. The first-order chi connectivity index (χ1) is 23.4. The summed E-state index contributed by atoms with van der Waals surface area (Å²) in [6.07, 6.45) is 3.65. The summed E-state index contributed by atoms with van der Waals surface area (Å²) in [4.78, 5) is 78.0. The van der Waals surface area contributed by atoms with Crippen molar-refractivity contribution >= 4 is 64.7 Å². The Morgan fingerprint density at radius 3 is 1.78 bits per heavy atom. The molecule has 0 unspecified atom stereocenters. The van der Waals surface area contributed by atoms with Gasteiger partial charge in [-0.15, -0.1) is 0 Å². The lowest BCUT2D eigenvalue weighted by Gasteiger charge is -2.25. The van der Waals surface area contributed by atoms with Crippen molar-refractivity contribution in [3.63, 3.8) is 0 Å². The zero-order valence-electron chi connectivity index (χ0n) is 28.0. The number of aryl methyl sites for hydroxylation is 1. The average molecular weight is 667 g/mol. The van der Waals surface area contributed by atoms with E-state index in [-0.39, 0.29) is 24.7 Å². The molecule has 0 saturated heterocycles. The first-order valence-electron chi connectivity index (χ1n) is 16.1. The van der Waals surface area contributed by atoms with Crippen molar-refractivity contribution in [2.75, 3.05) is 23.3 Å². The highest BCUT2D eigenvalue weighted by Gasteiger charge is 2.28. The lowest BCUT2D eigenvalue weighted by molar-refractivity contribution is -0.132. The lowest BCUT2D eigenvalue weighted by Crippen LogP contribution is -2.55. The number of para-hydroxylation sites is 2. The van der Waals surface area contributed by atoms with Gasteiger partial charge in [-0.2, -0.15) is 0 Å². The van der Waals surface area contributed by atoms with Gasteiger partial charge in [0.1, 0.15) is 12.1 Å². The largest absolute Gasteiger partial charge is 0.347 e. The van der Waals surface area contributed by atoms with Crippen molar-refractivity contribution in [2.24, 2.45) is 5.92 Å². The van der Waals surface area contributed by atoms with Gasteiger partial charge >= 0.3 is 0 Å². The smallest absolute Gasteiger partial charge is 0.246 e. The molecule has 1 heterocycles. The molecule has 0 aromatic heterocycles. The summed E-state index contributed by atoms with van der Waals surface area (Å²) >= 11 is 0. The van der Waals surface area contributed by atoms with E-state index < -0.39 is 54.7 Å². The number of nitrogens with zero attached hydrogens (tertiary/aromatic N) is 1. The predicted molar refractivity (Wildman–Crippen MR) is 188 cm³/mol. The highest BCUT2D eigenvalue weighted by molar-refractivity contribution is 6.07. The van der Waals surface area contributed by atoms with Crippen LogP contribution >= 0.6 is 0 Å². The van der Waals surface area contributed by atoms with Crippen molar-refractivity contribution in [3.05, 3.63) is 89.5 Å². The highest BCUT2D eigenvalue weighted by atomic mass is 16.2.